The van der Waals surface area contributed by atoms with Gasteiger partial charge < -0.3 is 9.15 Å². The maximum Gasteiger partial charge on any atom is 0.311 e. The molecule has 3 rings (SSSR count). The molecule has 1 saturated heterocycles. The van der Waals surface area contributed by atoms with Gasteiger partial charge in [-0.3, -0.25) is 9.69 Å². The predicted octanol–water partition coefficient (Wildman–Crippen LogP) is 5.01. The average molecular weight is 370 g/mol. The summed E-state index contributed by atoms with van der Waals surface area (Å²) in [5.74, 6) is -0.330. The molecule has 27 heavy (non-hydrogen) atoms. The summed E-state index contributed by atoms with van der Waals surface area (Å²) in [6.45, 7) is 4.64. The number of likely N-dealkylation sites (tertiary alicyclic amines) is 1. The fraction of sp³-hybridized carbons (Fsp3) is 0.522. The lowest BCUT2D eigenvalue weighted by atomic mass is 9.86. The van der Waals surface area contributed by atoms with Crippen molar-refractivity contribution in [2.75, 3.05) is 19.7 Å². The molecule has 0 N–H and O–H groups in total. The Morgan fingerprint density at radius 2 is 1.93 bits per heavy atom. The Bertz CT molecular complexity index is 662. The van der Waals surface area contributed by atoms with Gasteiger partial charge in [0.05, 0.1) is 31.1 Å². The average Bonchev–Trinajstić information content (AvgIpc) is 3.23. The van der Waals surface area contributed by atoms with Crippen LogP contribution in [0.2, 0.25) is 0 Å². The Hall–Kier alpha value is -2.07. The van der Waals surface area contributed by atoms with Gasteiger partial charge in [-0.25, -0.2) is 0 Å². The van der Waals surface area contributed by atoms with Crippen LogP contribution in [0.3, 0.4) is 0 Å². The number of hydrogen-bond acceptors (Lipinski definition) is 4. The number of carbonyl (C=O) groups is 1. The van der Waals surface area contributed by atoms with E-state index in [0.717, 1.165) is 31.5 Å². The molecule has 2 heterocycles. The van der Waals surface area contributed by atoms with E-state index in [1.54, 1.807) is 12.5 Å². The molecule has 0 amide bonds. The lowest BCUT2D eigenvalue weighted by Crippen LogP contribution is -2.41. The smallest absolute Gasteiger partial charge is 0.311 e. The molecule has 0 saturated carbocycles. The Balaban J connectivity index is 1.87. The van der Waals surface area contributed by atoms with E-state index >= 15 is 0 Å². The Kier molecular flexibility index (Phi) is 7.52. The number of nitrogens with zero attached hydrogens (tertiary/aromatic N) is 1. The van der Waals surface area contributed by atoms with E-state index in [1.165, 1.54) is 24.8 Å². The second-order valence-electron chi connectivity index (χ2n) is 7.42. The van der Waals surface area contributed by atoms with Crippen LogP contribution < -0.4 is 0 Å². The van der Waals surface area contributed by atoms with Crippen LogP contribution >= 0.6 is 0 Å². The monoisotopic (exact) mass is 369 g/mol. The molecule has 1 aliphatic heterocycles. The number of ether oxygens (including phenoxy) is 1. The normalized spacial score (nSPS) is 17.4. The fourth-order valence-electron chi connectivity index (χ4n) is 3.95. The summed E-state index contributed by atoms with van der Waals surface area (Å²) < 4.78 is 11.1. The minimum atomic E-state index is -0.236. The van der Waals surface area contributed by atoms with Crippen LogP contribution in [0.1, 0.15) is 56.2 Å². The molecule has 146 valence electrons. The molecule has 2 unspecified atom stereocenters. The molecule has 4 heteroatoms. The zero-order valence-corrected chi connectivity index (χ0v) is 16.3. The maximum absolute atomic E-state index is 13.1. The van der Waals surface area contributed by atoms with Crippen molar-refractivity contribution >= 4 is 5.97 Å². The van der Waals surface area contributed by atoms with E-state index in [0.29, 0.717) is 13.0 Å². The van der Waals surface area contributed by atoms with Crippen molar-refractivity contribution in [3.05, 3.63) is 60.1 Å². The molecule has 1 aromatic heterocycles. The number of hydrogen-bond donors (Lipinski definition) is 0. The van der Waals surface area contributed by atoms with E-state index in [-0.39, 0.29) is 17.9 Å². The van der Waals surface area contributed by atoms with Crippen LogP contribution in [-0.4, -0.2) is 30.6 Å². The van der Waals surface area contributed by atoms with Gasteiger partial charge in [-0.15, -0.1) is 0 Å². The summed E-state index contributed by atoms with van der Waals surface area (Å²) in [4.78, 5) is 15.6. The highest BCUT2D eigenvalue weighted by molar-refractivity contribution is 5.74. The van der Waals surface area contributed by atoms with Crippen molar-refractivity contribution in [2.45, 2.75) is 51.5 Å². The van der Waals surface area contributed by atoms with Crippen molar-refractivity contribution in [3.63, 3.8) is 0 Å². The van der Waals surface area contributed by atoms with Gasteiger partial charge in [-0.2, -0.15) is 0 Å². The lowest BCUT2D eigenvalue weighted by molar-refractivity contribution is -0.151. The lowest BCUT2D eigenvalue weighted by Gasteiger charge is -2.38. The van der Waals surface area contributed by atoms with Crippen LogP contribution in [0.4, 0.5) is 0 Å². The van der Waals surface area contributed by atoms with Gasteiger partial charge in [0.25, 0.3) is 0 Å². The number of esters is 1. The van der Waals surface area contributed by atoms with Crippen molar-refractivity contribution in [2.24, 2.45) is 5.92 Å². The molecule has 2 aromatic rings. The van der Waals surface area contributed by atoms with E-state index in [1.807, 2.05) is 24.3 Å². The third kappa shape index (κ3) is 5.46. The molecule has 2 atom stereocenters. The third-order valence-electron chi connectivity index (χ3n) is 5.39. The third-order valence-corrected chi connectivity index (χ3v) is 5.39. The van der Waals surface area contributed by atoms with Gasteiger partial charge >= 0.3 is 5.97 Å². The number of rotatable bonds is 9. The summed E-state index contributed by atoms with van der Waals surface area (Å²) in [7, 11) is 0. The summed E-state index contributed by atoms with van der Waals surface area (Å²) in [6.07, 6.45) is 9.72. The molecule has 1 fully saturated rings. The summed E-state index contributed by atoms with van der Waals surface area (Å²) in [6, 6.07) is 12.3. The van der Waals surface area contributed by atoms with E-state index in [4.69, 9.17) is 9.15 Å². The van der Waals surface area contributed by atoms with E-state index < -0.39 is 0 Å². The molecule has 0 bridgehead atoms. The Morgan fingerprint density at radius 3 is 2.59 bits per heavy atom. The van der Waals surface area contributed by atoms with Gasteiger partial charge in [0, 0.05) is 5.56 Å². The van der Waals surface area contributed by atoms with Crippen molar-refractivity contribution < 1.29 is 13.9 Å². The SMILES string of the molecule is CCCCOC(=O)C(Cc1ccccc1)C(c1ccoc1)N1CCCCC1. The number of piperidine rings is 1. The van der Waals surface area contributed by atoms with Crippen LogP contribution in [0.15, 0.2) is 53.3 Å². The number of unbranched alkanes of at least 4 members (excludes halogenated alkanes) is 1. The minimum absolute atomic E-state index is 0.00150. The van der Waals surface area contributed by atoms with Crippen molar-refractivity contribution in [1.29, 1.82) is 0 Å². The van der Waals surface area contributed by atoms with Crippen molar-refractivity contribution in [1.82, 2.24) is 4.90 Å². The molecule has 0 spiro atoms. The highest BCUT2D eigenvalue weighted by atomic mass is 16.5. The molecule has 4 nitrogen and oxygen atoms in total. The number of furan rings is 1. The molecular formula is C23H31NO3. The largest absolute Gasteiger partial charge is 0.472 e. The number of carbonyl (C=O) groups excluding carboxylic acids is 1. The zero-order chi connectivity index (χ0) is 18.9. The standard InChI is InChI=1S/C23H31NO3/c1-2-3-15-27-23(25)21(17-19-10-6-4-7-11-19)22(20-12-16-26-18-20)24-13-8-5-9-14-24/h4,6-7,10-12,16,18,21-22H,2-3,5,8-9,13-15,17H2,1H3. The second-order valence-corrected chi connectivity index (χ2v) is 7.42. The Labute approximate surface area is 162 Å². The summed E-state index contributed by atoms with van der Waals surface area (Å²) in [5.41, 5.74) is 2.24. The summed E-state index contributed by atoms with van der Waals surface area (Å²) in [5, 5.41) is 0. The van der Waals surface area contributed by atoms with Crippen LogP contribution in [0, 0.1) is 5.92 Å². The van der Waals surface area contributed by atoms with Gasteiger partial charge in [0.1, 0.15) is 0 Å². The first-order valence-corrected chi connectivity index (χ1v) is 10.3. The summed E-state index contributed by atoms with van der Waals surface area (Å²) >= 11 is 0. The van der Waals surface area contributed by atoms with Crippen LogP contribution in [0.25, 0.3) is 0 Å². The van der Waals surface area contributed by atoms with Gasteiger partial charge in [0.2, 0.25) is 0 Å². The maximum atomic E-state index is 13.1. The van der Waals surface area contributed by atoms with Gasteiger partial charge in [-0.1, -0.05) is 50.1 Å². The quantitative estimate of drug-likeness (QED) is 0.460. The van der Waals surface area contributed by atoms with Crippen molar-refractivity contribution in [3.8, 4) is 0 Å². The predicted molar refractivity (Wildman–Crippen MR) is 106 cm³/mol. The molecular weight excluding hydrogens is 338 g/mol. The second kappa shape index (κ2) is 10.3. The highest BCUT2D eigenvalue weighted by Crippen LogP contribution is 2.34. The topological polar surface area (TPSA) is 42.7 Å². The molecule has 0 aliphatic carbocycles. The van der Waals surface area contributed by atoms with E-state index in [9.17, 15) is 4.79 Å². The number of benzene rings is 1. The first-order valence-electron chi connectivity index (χ1n) is 10.3. The molecule has 0 radical (unpaired) electrons. The highest BCUT2D eigenvalue weighted by Gasteiger charge is 2.36. The van der Waals surface area contributed by atoms with Crippen LogP contribution in [-0.2, 0) is 16.0 Å². The van der Waals surface area contributed by atoms with Gasteiger partial charge in [0.15, 0.2) is 0 Å². The minimum Gasteiger partial charge on any atom is -0.472 e. The zero-order valence-electron chi connectivity index (χ0n) is 16.3. The first kappa shape index (κ1) is 19.7. The molecule has 1 aliphatic rings. The first-order chi connectivity index (χ1) is 13.3. The fourth-order valence-corrected chi connectivity index (χ4v) is 3.95. The van der Waals surface area contributed by atoms with Crippen LogP contribution in [0.5, 0.6) is 0 Å². The molecule has 1 aromatic carbocycles. The van der Waals surface area contributed by atoms with Gasteiger partial charge in [-0.05, 0) is 50.4 Å². The van der Waals surface area contributed by atoms with E-state index in [2.05, 4.69) is 24.0 Å². The Morgan fingerprint density at radius 1 is 1.15 bits per heavy atom.